The van der Waals surface area contributed by atoms with Crippen LogP contribution in [0.5, 0.6) is 0 Å². The van der Waals surface area contributed by atoms with Crippen LogP contribution in [-0.2, 0) is 21.7 Å². The van der Waals surface area contributed by atoms with Crippen molar-refractivity contribution in [3.05, 3.63) is 16.1 Å². The van der Waals surface area contributed by atoms with Crippen LogP contribution in [0.1, 0.15) is 37.9 Å². The molecule has 0 amide bonds. The minimum absolute atomic E-state index is 0.0430. The molecule has 1 aliphatic heterocycles. The van der Waals surface area contributed by atoms with Gasteiger partial charge in [-0.15, -0.1) is 11.3 Å². The first-order valence-electron chi connectivity index (χ1n) is 7.82. The minimum atomic E-state index is -2.88. The molecule has 2 heterocycles. The quantitative estimate of drug-likeness (QED) is 0.627. The van der Waals surface area contributed by atoms with Crippen LogP contribution in [0.4, 0.5) is 0 Å². The molecule has 0 aromatic carbocycles. The largest absolute Gasteiger partial charge is 0.356 e. The summed E-state index contributed by atoms with van der Waals surface area (Å²) in [5.74, 6) is 1.10. The smallest absolute Gasteiger partial charge is 0.191 e. The number of aromatic nitrogens is 1. The van der Waals surface area contributed by atoms with Crippen LogP contribution >= 0.6 is 11.3 Å². The first-order chi connectivity index (χ1) is 10.7. The predicted octanol–water partition coefficient (Wildman–Crippen LogP) is 1.34. The topological polar surface area (TPSA) is 83.4 Å². The first kappa shape index (κ1) is 18.2. The van der Waals surface area contributed by atoms with Crippen molar-refractivity contribution in [1.82, 2.24) is 15.6 Å². The average molecular weight is 359 g/mol. The summed E-state index contributed by atoms with van der Waals surface area (Å²) in [7, 11) is -1.18. The highest BCUT2D eigenvalue weighted by atomic mass is 32.2. The predicted molar refractivity (Wildman–Crippen MR) is 96.1 cm³/mol. The van der Waals surface area contributed by atoms with Crippen molar-refractivity contribution in [2.45, 2.75) is 45.1 Å². The summed E-state index contributed by atoms with van der Waals surface area (Å²) in [4.78, 5) is 8.82. The summed E-state index contributed by atoms with van der Waals surface area (Å²) in [5, 5.41) is 9.63. The maximum absolute atomic E-state index is 11.5. The van der Waals surface area contributed by atoms with E-state index in [1.165, 1.54) is 0 Å². The van der Waals surface area contributed by atoms with Gasteiger partial charge in [0.25, 0.3) is 0 Å². The number of aliphatic imine (C=N–C) groups is 1. The van der Waals surface area contributed by atoms with Gasteiger partial charge in [0.15, 0.2) is 15.8 Å². The van der Waals surface area contributed by atoms with E-state index in [1.807, 2.05) is 0 Å². The van der Waals surface area contributed by atoms with Gasteiger partial charge in [0.1, 0.15) is 0 Å². The van der Waals surface area contributed by atoms with E-state index in [0.717, 1.165) is 23.7 Å². The molecule has 1 aromatic rings. The van der Waals surface area contributed by atoms with E-state index in [2.05, 4.69) is 46.8 Å². The molecule has 6 nitrogen and oxygen atoms in total. The molecule has 1 fully saturated rings. The monoisotopic (exact) mass is 358 g/mol. The van der Waals surface area contributed by atoms with Crippen LogP contribution < -0.4 is 10.6 Å². The lowest BCUT2D eigenvalue weighted by atomic mass is 9.93. The molecular weight excluding hydrogens is 332 g/mol. The zero-order chi connectivity index (χ0) is 17.1. The number of thiazole rings is 1. The summed E-state index contributed by atoms with van der Waals surface area (Å²) in [5.41, 5.74) is 1.20. The number of nitrogens with one attached hydrogen (secondary N) is 2. The fourth-order valence-corrected chi connectivity index (χ4v) is 5.05. The Balaban J connectivity index is 1.79. The summed E-state index contributed by atoms with van der Waals surface area (Å²) in [6, 6.07) is -0.0430. The number of sulfone groups is 1. The third-order valence-corrected chi connectivity index (χ3v) is 6.42. The molecule has 8 heteroatoms. The Morgan fingerprint density at radius 2 is 2.22 bits per heavy atom. The number of guanidine groups is 1. The molecule has 0 saturated carbocycles. The Morgan fingerprint density at radius 3 is 2.74 bits per heavy atom. The Bertz CT molecular complexity index is 659. The highest BCUT2D eigenvalue weighted by Crippen LogP contribution is 2.23. The highest BCUT2D eigenvalue weighted by Gasteiger charge is 2.28. The van der Waals surface area contributed by atoms with E-state index in [1.54, 1.807) is 18.4 Å². The third-order valence-electron chi connectivity index (χ3n) is 3.75. The van der Waals surface area contributed by atoms with Crippen molar-refractivity contribution in [2.24, 2.45) is 4.99 Å². The second-order valence-corrected chi connectivity index (χ2v) is 10.0. The van der Waals surface area contributed by atoms with E-state index in [4.69, 9.17) is 0 Å². The lowest BCUT2D eigenvalue weighted by molar-refractivity contribution is 0.570. The molecule has 1 aliphatic rings. The molecule has 23 heavy (non-hydrogen) atoms. The van der Waals surface area contributed by atoms with E-state index in [9.17, 15) is 8.42 Å². The normalized spacial score (nSPS) is 21.4. The van der Waals surface area contributed by atoms with Crippen molar-refractivity contribution in [3.63, 3.8) is 0 Å². The van der Waals surface area contributed by atoms with Gasteiger partial charge in [0.05, 0.1) is 22.2 Å². The second kappa shape index (κ2) is 7.17. The van der Waals surface area contributed by atoms with Gasteiger partial charge in [-0.1, -0.05) is 20.8 Å². The van der Waals surface area contributed by atoms with E-state index < -0.39 is 9.84 Å². The maximum atomic E-state index is 11.5. The fourth-order valence-electron chi connectivity index (χ4n) is 2.35. The Labute approximate surface area is 142 Å². The lowest BCUT2D eigenvalue weighted by Gasteiger charge is -2.16. The highest BCUT2D eigenvalue weighted by molar-refractivity contribution is 7.91. The van der Waals surface area contributed by atoms with Crippen LogP contribution in [0.2, 0.25) is 0 Å². The molecule has 130 valence electrons. The number of hydrogen-bond donors (Lipinski definition) is 2. The van der Waals surface area contributed by atoms with Gasteiger partial charge in [0, 0.05) is 36.9 Å². The third kappa shape index (κ3) is 5.46. The lowest BCUT2D eigenvalue weighted by Crippen LogP contribution is -2.44. The molecule has 0 spiro atoms. The van der Waals surface area contributed by atoms with Crippen LogP contribution in [0, 0.1) is 0 Å². The van der Waals surface area contributed by atoms with Crippen LogP contribution in [0.15, 0.2) is 10.4 Å². The molecule has 1 aromatic heterocycles. The van der Waals surface area contributed by atoms with Gasteiger partial charge in [-0.3, -0.25) is 4.99 Å². The van der Waals surface area contributed by atoms with Gasteiger partial charge >= 0.3 is 0 Å². The van der Waals surface area contributed by atoms with Crippen molar-refractivity contribution >= 4 is 27.1 Å². The Kier molecular flexibility index (Phi) is 5.67. The zero-order valence-corrected chi connectivity index (χ0v) is 15.9. The SMILES string of the molecule is CN=C(NCCc1nc(C(C)(C)C)cs1)NC1CCS(=O)(=O)C1. The molecule has 0 bridgehead atoms. The summed E-state index contributed by atoms with van der Waals surface area (Å²) in [6.45, 7) is 7.19. The molecule has 1 atom stereocenters. The fraction of sp³-hybridized carbons (Fsp3) is 0.733. The summed E-state index contributed by atoms with van der Waals surface area (Å²) >= 11 is 1.68. The summed E-state index contributed by atoms with van der Waals surface area (Å²) < 4.78 is 23.0. The number of nitrogens with zero attached hydrogens (tertiary/aromatic N) is 2. The second-order valence-electron chi connectivity index (χ2n) is 6.87. The van der Waals surface area contributed by atoms with Gasteiger partial charge in [-0.05, 0) is 6.42 Å². The standard InChI is InChI=1S/C15H26N4O2S2/c1-15(2,3)12-9-22-13(19-12)5-7-17-14(16-4)18-11-6-8-23(20,21)10-11/h9,11H,5-8,10H2,1-4H3,(H2,16,17,18). The maximum Gasteiger partial charge on any atom is 0.191 e. The average Bonchev–Trinajstić information content (AvgIpc) is 3.04. The van der Waals surface area contributed by atoms with Gasteiger partial charge in [-0.25, -0.2) is 13.4 Å². The molecular formula is C15H26N4O2S2. The van der Waals surface area contributed by atoms with Crippen LogP contribution in [0.3, 0.4) is 0 Å². The zero-order valence-electron chi connectivity index (χ0n) is 14.2. The molecule has 1 unspecified atom stereocenters. The van der Waals surface area contributed by atoms with E-state index >= 15 is 0 Å². The van der Waals surface area contributed by atoms with Crippen molar-refractivity contribution in [2.75, 3.05) is 25.1 Å². The van der Waals surface area contributed by atoms with Gasteiger partial charge < -0.3 is 10.6 Å². The molecule has 0 aliphatic carbocycles. The Hall–Kier alpha value is -1.15. The first-order valence-corrected chi connectivity index (χ1v) is 10.5. The number of hydrogen-bond acceptors (Lipinski definition) is 5. The number of rotatable bonds is 4. The molecule has 2 rings (SSSR count). The van der Waals surface area contributed by atoms with Crippen molar-refractivity contribution < 1.29 is 8.42 Å². The molecule has 2 N–H and O–H groups in total. The molecule has 0 radical (unpaired) electrons. The van der Waals surface area contributed by atoms with E-state index in [-0.39, 0.29) is 23.0 Å². The van der Waals surface area contributed by atoms with Crippen molar-refractivity contribution in [1.29, 1.82) is 0 Å². The van der Waals surface area contributed by atoms with Crippen molar-refractivity contribution in [3.8, 4) is 0 Å². The van der Waals surface area contributed by atoms with Crippen LogP contribution in [-0.4, -0.2) is 50.5 Å². The van der Waals surface area contributed by atoms with Gasteiger partial charge in [0.2, 0.25) is 0 Å². The Morgan fingerprint density at radius 1 is 1.48 bits per heavy atom. The van der Waals surface area contributed by atoms with Crippen LogP contribution in [0.25, 0.3) is 0 Å². The van der Waals surface area contributed by atoms with Gasteiger partial charge in [-0.2, -0.15) is 0 Å². The molecule has 1 saturated heterocycles. The van der Waals surface area contributed by atoms with E-state index in [0.29, 0.717) is 12.4 Å². The minimum Gasteiger partial charge on any atom is -0.356 e. The summed E-state index contributed by atoms with van der Waals surface area (Å²) in [6.07, 6.45) is 1.47.